The molecule has 0 spiro atoms. The molecular weight excluding hydrogens is 258 g/mol. The molecule has 0 saturated carbocycles. The van der Waals surface area contributed by atoms with Crippen molar-refractivity contribution in [1.29, 1.82) is 0 Å². The van der Waals surface area contributed by atoms with Gasteiger partial charge in [-0.25, -0.2) is 0 Å². The Kier molecular flexibility index (Phi) is 8.98. The molecule has 1 atom stereocenters. The Morgan fingerprint density at radius 3 is 2.65 bits per heavy atom. The van der Waals surface area contributed by atoms with Gasteiger partial charge in [0.2, 0.25) is 0 Å². The second-order valence-electron chi connectivity index (χ2n) is 4.33. The van der Waals surface area contributed by atoms with E-state index in [1.807, 2.05) is 24.3 Å². The first-order valence-corrected chi connectivity index (χ1v) is 6.84. The van der Waals surface area contributed by atoms with Crippen LogP contribution in [0, 0.1) is 0 Å². The normalized spacial score (nSPS) is 12.3. The average molecular weight is 283 g/mol. The smallest absolute Gasteiger partial charge is 0.119 e. The van der Waals surface area contributed by atoms with E-state index in [0.29, 0.717) is 33.0 Å². The Morgan fingerprint density at radius 2 is 1.95 bits per heavy atom. The number of nitrogens with two attached hydrogens (primary N) is 1. The lowest BCUT2D eigenvalue weighted by atomic mass is 10.1. The maximum atomic E-state index is 5.79. The molecule has 0 bridgehead atoms. The third-order valence-corrected chi connectivity index (χ3v) is 2.86. The molecule has 5 nitrogen and oxygen atoms in total. The highest BCUT2D eigenvalue weighted by molar-refractivity contribution is 5.30. The van der Waals surface area contributed by atoms with Gasteiger partial charge in [-0.2, -0.15) is 0 Å². The fourth-order valence-corrected chi connectivity index (χ4v) is 1.77. The third-order valence-electron chi connectivity index (χ3n) is 2.86. The number of hydrogen-bond donors (Lipinski definition) is 1. The van der Waals surface area contributed by atoms with Crippen molar-refractivity contribution in [3.8, 4) is 5.75 Å². The van der Waals surface area contributed by atoms with Crippen molar-refractivity contribution in [3.05, 3.63) is 29.8 Å². The molecule has 0 radical (unpaired) electrons. The van der Waals surface area contributed by atoms with Crippen LogP contribution in [0.4, 0.5) is 0 Å². The van der Waals surface area contributed by atoms with Crippen LogP contribution in [0.2, 0.25) is 0 Å². The number of rotatable bonds is 11. The fraction of sp³-hybridized carbons (Fsp3) is 0.600. The molecule has 0 aliphatic carbocycles. The van der Waals surface area contributed by atoms with Gasteiger partial charge in [-0.3, -0.25) is 0 Å². The Labute approximate surface area is 121 Å². The lowest BCUT2D eigenvalue weighted by Crippen LogP contribution is -2.17. The van der Waals surface area contributed by atoms with Crippen LogP contribution in [-0.2, 0) is 14.2 Å². The van der Waals surface area contributed by atoms with Crippen molar-refractivity contribution < 1.29 is 18.9 Å². The molecule has 0 heterocycles. The van der Waals surface area contributed by atoms with E-state index in [0.717, 1.165) is 17.7 Å². The van der Waals surface area contributed by atoms with Crippen molar-refractivity contribution in [2.45, 2.75) is 12.5 Å². The summed E-state index contributed by atoms with van der Waals surface area (Å²) in [7, 11) is 3.31. The van der Waals surface area contributed by atoms with E-state index < -0.39 is 0 Å². The van der Waals surface area contributed by atoms with E-state index in [2.05, 4.69) is 0 Å². The first kappa shape index (κ1) is 16.9. The van der Waals surface area contributed by atoms with Gasteiger partial charge >= 0.3 is 0 Å². The van der Waals surface area contributed by atoms with Crippen molar-refractivity contribution in [2.75, 3.05) is 47.2 Å². The van der Waals surface area contributed by atoms with Crippen molar-refractivity contribution in [1.82, 2.24) is 0 Å². The van der Waals surface area contributed by atoms with Crippen LogP contribution in [0.5, 0.6) is 5.75 Å². The van der Waals surface area contributed by atoms with E-state index in [9.17, 15) is 0 Å². The van der Waals surface area contributed by atoms with Crippen LogP contribution in [-0.4, -0.2) is 47.2 Å². The van der Waals surface area contributed by atoms with Crippen LogP contribution in [0.1, 0.15) is 18.1 Å². The van der Waals surface area contributed by atoms with E-state index >= 15 is 0 Å². The number of ether oxygens (including phenoxy) is 4. The summed E-state index contributed by atoms with van der Waals surface area (Å²) in [4.78, 5) is 0. The number of hydrogen-bond acceptors (Lipinski definition) is 5. The Balaban J connectivity index is 2.28. The van der Waals surface area contributed by atoms with Crippen LogP contribution in [0.3, 0.4) is 0 Å². The maximum Gasteiger partial charge on any atom is 0.119 e. The molecule has 0 aliphatic heterocycles. The Hall–Kier alpha value is -1.14. The van der Waals surface area contributed by atoms with Gasteiger partial charge in [0.25, 0.3) is 0 Å². The summed E-state index contributed by atoms with van der Waals surface area (Å²) in [6.45, 7) is 2.96. The number of methoxy groups -OCH3 is 2. The molecule has 0 saturated heterocycles. The minimum Gasteiger partial charge on any atom is -0.497 e. The van der Waals surface area contributed by atoms with Crippen molar-refractivity contribution in [2.24, 2.45) is 5.73 Å². The van der Waals surface area contributed by atoms with Crippen molar-refractivity contribution >= 4 is 0 Å². The van der Waals surface area contributed by atoms with E-state index in [1.54, 1.807) is 14.2 Å². The molecule has 0 amide bonds. The van der Waals surface area contributed by atoms with Gasteiger partial charge in [0.05, 0.1) is 26.4 Å². The molecule has 114 valence electrons. The molecule has 5 heteroatoms. The Morgan fingerprint density at radius 1 is 1.10 bits per heavy atom. The molecule has 1 aromatic carbocycles. The average Bonchev–Trinajstić information content (AvgIpc) is 2.50. The second kappa shape index (κ2) is 10.6. The van der Waals surface area contributed by atoms with Crippen LogP contribution in [0.15, 0.2) is 24.3 Å². The summed E-state index contributed by atoms with van der Waals surface area (Å²) >= 11 is 0. The minimum atomic E-state index is -0.107. The zero-order valence-corrected chi connectivity index (χ0v) is 12.3. The van der Waals surface area contributed by atoms with E-state index in [4.69, 9.17) is 24.7 Å². The highest BCUT2D eigenvalue weighted by atomic mass is 16.5. The lowest BCUT2D eigenvalue weighted by molar-refractivity contribution is 0.0261. The van der Waals surface area contributed by atoms with Gasteiger partial charge in [-0.05, 0) is 24.1 Å². The van der Waals surface area contributed by atoms with Crippen LogP contribution >= 0.6 is 0 Å². The fourth-order valence-electron chi connectivity index (χ4n) is 1.77. The topological polar surface area (TPSA) is 62.9 Å². The van der Waals surface area contributed by atoms with Gasteiger partial charge in [0, 0.05) is 26.9 Å². The van der Waals surface area contributed by atoms with E-state index in [-0.39, 0.29) is 6.10 Å². The number of benzene rings is 1. The maximum absolute atomic E-state index is 5.79. The molecule has 1 rings (SSSR count). The summed E-state index contributed by atoms with van der Waals surface area (Å²) in [5.74, 6) is 0.812. The molecule has 20 heavy (non-hydrogen) atoms. The summed E-state index contributed by atoms with van der Waals surface area (Å²) in [6, 6.07) is 7.79. The lowest BCUT2D eigenvalue weighted by Gasteiger charge is -2.17. The zero-order valence-electron chi connectivity index (χ0n) is 12.3. The first-order valence-electron chi connectivity index (χ1n) is 6.84. The van der Waals surface area contributed by atoms with Crippen LogP contribution < -0.4 is 10.5 Å². The van der Waals surface area contributed by atoms with Gasteiger partial charge in [0.15, 0.2) is 0 Å². The molecule has 1 aromatic rings. The molecule has 0 aromatic heterocycles. The highest BCUT2D eigenvalue weighted by Gasteiger charge is 2.10. The molecular formula is C15H25NO4. The summed E-state index contributed by atoms with van der Waals surface area (Å²) < 4.78 is 21.3. The van der Waals surface area contributed by atoms with E-state index in [1.165, 1.54) is 0 Å². The summed E-state index contributed by atoms with van der Waals surface area (Å²) in [5, 5.41) is 0. The quantitative estimate of drug-likeness (QED) is 0.627. The first-order chi connectivity index (χ1) is 9.81. The largest absolute Gasteiger partial charge is 0.497 e. The zero-order chi connectivity index (χ0) is 14.6. The van der Waals surface area contributed by atoms with Crippen molar-refractivity contribution in [3.63, 3.8) is 0 Å². The predicted molar refractivity (Wildman–Crippen MR) is 78.1 cm³/mol. The van der Waals surface area contributed by atoms with Crippen LogP contribution in [0.25, 0.3) is 0 Å². The predicted octanol–water partition coefficient (Wildman–Crippen LogP) is 1.76. The highest BCUT2D eigenvalue weighted by Crippen LogP contribution is 2.21. The second-order valence-corrected chi connectivity index (χ2v) is 4.33. The molecule has 2 N–H and O–H groups in total. The minimum absolute atomic E-state index is 0.107. The Bertz CT molecular complexity index is 359. The molecule has 0 fully saturated rings. The summed E-state index contributed by atoms with van der Waals surface area (Å²) in [5.41, 5.74) is 6.80. The third kappa shape index (κ3) is 6.34. The van der Waals surface area contributed by atoms with Gasteiger partial charge < -0.3 is 24.7 Å². The van der Waals surface area contributed by atoms with Gasteiger partial charge in [-0.1, -0.05) is 12.1 Å². The molecule has 1 unspecified atom stereocenters. The molecule has 0 aliphatic rings. The summed E-state index contributed by atoms with van der Waals surface area (Å²) in [6.07, 6.45) is 0.730. The SMILES string of the molecule is COCCOCCCOC(CN)c1cccc(OC)c1. The standard InChI is InChI=1S/C15H25NO4/c1-17-9-10-19-7-4-8-20-15(12-16)13-5-3-6-14(11-13)18-2/h3,5-6,11,15H,4,7-10,12,16H2,1-2H3. The van der Waals surface area contributed by atoms with Gasteiger partial charge in [0.1, 0.15) is 5.75 Å². The monoisotopic (exact) mass is 283 g/mol. The van der Waals surface area contributed by atoms with Gasteiger partial charge in [-0.15, -0.1) is 0 Å².